The topological polar surface area (TPSA) is 21.3 Å². The highest BCUT2D eigenvalue weighted by atomic mass is 35.5. The lowest BCUT2D eigenvalue weighted by molar-refractivity contribution is 0.339. The molecule has 2 rings (SSSR count). The van der Waals surface area contributed by atoms with Crippen molar-refractivity contribution >= 4 is 11.6 Å². The van der Waals surface area contributed by atoms with Gasteiger partial charge < -0.3 is 10.1 Å². The third kappa shape index (κ3) is 4.26. The molecule has 3 heteroatoms. The fourth-order valence-electron chi connectivity index (χ4n) is 2.08. The first-order chi connectivity index (χ1) is 9.69. The molecule has 0 heterocycles. The number of halogens is 1. The van der Waals surface area contributed by atoms with Crippen LogP contribution in [0.15, 0.2) is 48.5 Å². The SMILES string of the molecule is CCOc1cccc(CN[C@@H](C)c2cccc(Cl)c2)c1. The summed E-state index contributed by atoms with van der Waals surface area (Å²) in [7, 11) is 0. The highest BCUT2D eigenvalue weighted by Gasteiger charge is 2.05. The Labute approximate surface area is 125 Å². The minimum absolute atomic E-state index is 0.254. The van der Waals surface area contributed by atoms with Crippen LogP contribution in [0.1, 0.15) is 31.0 Å². The first kappa shape index (κ1) is 14.9. The van der Waals surface area contributed by atoms with Crippen LogP contribution in [-0.4, -0.2) is 6.61 Å². The molecule has 0 saturated heterocycles. The fourth-order valence-corrected chi connectivity index (χ4v) is 2.28. The molecule has 2 aromatic rings. The highest BCUT2D eigenvalue weighted by Crippen LogP contribution is 2.18. The van der Waals surface area contributed by atoms with E-state index in [1.807, 2.05) is 37.3 Å². The van der Waals surface area contributed by atoms with E-state index in [9.17, 15) is 0 Å². The molecule has 0 radical (unpaired) electrons. The van der Waals surface area contributed by atoms with Crippen LogP contribution in [0.25, 0.3) is 0 Å². The van der Waals surface area contributed by atoms with E-state index >= 15 is 0 Å². The van der Waals surface area contributed by atoms with Crippen molar-refractivity contribution in [1.82, 2.24) is 5.32 Å². The number of rotatable bonds is 6. The number of ether oxygens (including phenoxy) is 1. The van der Waals surface area contributed by atoms with E-state index in [1.54, 1.807) is 0 Å². The van der Waals surface area contributed by atoms with Crippen LogP contribution in [0.2, 0.25) is 5.02 Å². The number of hydrogen-bond acceptors (Lipinski definition) is 2. The summed E-state index contributed by atoms with van der Waals surface area (Å²) in [6.45, 7) is 5.62. The second kappa shape index (κ2) is 7.32. The normalized spacial score (nSPS) is 12.2. The molecule has 0 spiro atoms. The Balaban J connectivity index is 1.96. The summed E-state index contributed by atoms with van der Waals surface area (Å²) in [6.07, 6.45) is 0. The lowest BCUT2D eigenvalue weighted by Gasteiger charge is -2.15. The number of nitrogens with one attached hydrogen (secondary N) is 1. The number of benzene rings is 2. The van der Waals surface area contributed by atoms with Crippen molar-refractivity contribution in [3.63, 3.8) is 0 Å². The standard InChI is InChI=1S/C17H20ClNO/c1-3-20-17-9-4-6-14(10-17)12-19-13(2)15-7-5-8-16(18)11-15/h4-11,13,19H,3,12H2,1-2H3/t13-/m0/s1. The van der Waals surface area contributed by atoms with Gasteiger partial charge in [0, 0.05) is 17.6 Å². The average Bonchev–Trinajstić information content (AvgIpc) is 2.45. The maximum absolute atomic E-state index is 6.02. The molecule has 2 nitrogen and oxygen atoms in total. The Morgan fingerprint density at radius 3 is 2.70 bits per heavy atom. The number of hydrogen-bond donors (Lipinski definition) is 1. The summed E-state index contributed by atoms with van der Waals surface area (Å²) in [5.41, 5.74) is 2.41. The molecule has 106 valence electrons. The maximum atomic E-state index is 6.02. The summed E-state index contributed by atoms with van der Waals surface area (Å²) in [4.78, 5) is 0. The van der Waals surface area contributed by atoms with E-state index in [4.69, 9.17) is 16.3 Å². The summed E-state index contributed by atoms with van der Waals surface area (Å²) in [6, 6.07) is 16.4. The molecule has 2 aromatic carbocycles. The predicted molar refractivity (Wildman–Crippen MR) is 84.3 cm³/mol. The molecule has 0 aliphatic heterocycles. The second-order valence-corrected chi connectivity index (χ2v) is 5.17. The summed E-state index contributed by atoms with van der Waals surface area (Å²) in [5, 5.41) is 4.27. The van der Waals surface area contributed by atoms with Crippen molar-refractivity contribution in [2.45, 2.75) is 26.4 Å². The molecule has 1 N–H and O–H groups in total. The molecule has 1 atom stereocenters. The average molecular weight is 290 g/mol. The van der Waals surface area contributed by atoms with Gasteiger partial charge in [-0.3, -0.25) is 0 Å². The van der Waals surface area contributed by atoms with Gasteiger partial charge in [0.05, 0.1) is 6.61 Å². The van der Waals surface area contributed by atoms with Crippen LogP contribution in [0, 0.1) is 0 Å². The van der Waals surface area contributed by atoms with Crippen molar-refractivity contribution in [2.24, 2.45) is 0 Å². The first-order valence-corrected chi connectivity index (χ1v) is 7.27. The Morgan fingerprint density at radius 1 is 1.15 bits per heavy atom. The van der Waals surface area contributed by atoms with Gasteiger partial charge in [-0.2, -0.15) is 0 Å². The molecule has 20 heavy (non-hydrogen) atoms. The Kier molecular flexibility index (Phi) is 5.45. The van der Waals surface area contributed by atoms with Crippen LogP contribution in [-0.2, 0) is 6.54 Å². The van der Waals surface area contributed by atoms with Crippen molar-refractivity contribution in [2.75, 3.05) is 6.61 Å². The van der Waals surface area contributed by atoms with E-state index in [2.05, 4.69) is 30.4 Å². The first-order valence-electron chi connectivity index (χ1n) is 6.89. The van der Waals surface area contributed by atoms with Gasteiger partial charge in [0.1, 0.15) is 5.75 Å². The van der Waals surface area contributed by atoms with Gasteiger partial charge in [-0.1, -0.05) is 35.9 Å². The Bertz CT molecular complexity index is 556. The fraction of sp³-hybridized carbons (Fsp3) is 0.294. The monoisotopic (exact) mass is 289 g/mol. The molecular formula is C17H20ClNO. The summed E-state index contributed by atoms with van der Waals surface area (Å²) < 4.78 is 5.51. The quantitative estimate of drug-likeness (QED) is 0.840. The maximum Gasteiger partial charge on any atom is 0.119 e. The van der Waals surface area contributed by atoms with Gasteiger partial charge in [-0.15, -0.1) is 0 Å². The van der Waals surface area contributed by atoms with E-state index in [0.717, 1.165) is 17.3 Å². The van der Waals surface area contributed by atoms with E-state index in [1.165, 1.54) is 11.1 Å². The van der Waals surface area contributed by atoms with Crippen molar-refractivity contribution in [3.8, 4) is 5.75 Å². The van der Waals surface area contributed by atoms with Crippen molar-refractivity contribution in [1.29, 1.82) is 0 Å². The molecule has 0 fully saturated rings. The van der Waals surface area contributed by atoms with Gasteiger partial charge in [0.15, 0.2) is 0 Å². The van der Waals surface area contributed by atoms with Gasteiger partial charge in [0.25, 0.3) is 0 Å². The third-order valence-electron chi connectivity index (χ3n) is 3.17. The Hall–Kier alpha value is -1.51. The van der Waals surface area contributed by atoms with Gasteiger partial charge in [-0.25, -0.2) is 0 Å². The molecule has 0 bridgehead atoms. The summed E-state index contributed by atoms with van der Waals surface area (Å²) >= 11 is 6.02. The predicted octanol–water partition coefficient (Wildman–Crippen LogP) is 4.59. The molecule has 0 amide bonds. The summed E-state index contributed by atoms with van der Waals surface area (Å²) in [5.74, 6) is 0.919. The lowest BCUT2D eigenvalue weighted by Crippen LogP contribution is -2.18. The van der Waals surface area contributed by atoms with Gasteiger partial charge >= 0.3 is 0 Å². The van der Waals surface area contributed by atoms with E-state index in [-0.39, 0.29) is 6.04 Å². The van der Waals surface area contributed by atoms with E-state index in [0.29, 0.717) is 6.61 Å². The largest absolute Gasteiger partial charge is 0.494 e. The second-order valence-electron chi connectivity index (χ2n) is 4.74. The third-order valence-corrected chi connectivity index (χ3v) is 3.41. The zero-order valence-corrected chi connectivity index (χ0v) is 12.7. The lowest BCUT2D eigenvalue weighted by atomic mass is 10.1. The molecule has 0 unspecified atom stereocenters. The smallest absolute Gasteiger partial charge is 0.119 e. The molecule has 0 aliphatic rings. The zero-order valence-electron chi connectivity index (χ0n) is 11.9. The van der Waals surface area contributed by atoms with Crippen LogP contribution in [0.4, 0.5) is 0 Å². The molecule has 0 aromatic heterocycles. The highest BCUT2D eigenvalue weighted by molar-refractivity contribution is 6.30. The molecule has 0 aliphatic carbocycles. The van der Waals surface area contributed by atoms with Crippen LogP contribution < -0.4 is 10.1 Å². The molecular weight excluding hydrogens is 270 g/mol. The minimum atomic E-state index is 0.254. The Morgan fingerprint density at radius 2 is 1.95 bits per heavy atom. The zero-order chi connectivity index (χ0) is 14.4. The molecule has 0 saturated carbocycles. The minimum Gasteiger partial charge on any atom is -0.494 e. The van der Waals surface area contributed by atoms with E-state index < -0.39 is 0 Å². The van der Waals surface area contributed by atoms with Crippen molar-refractivity contribution < 1.29 is 4.74 Å². The van der Waals surface area contributed by atoms with Crippen molar-refractivity contribution in [3.05, 3.63) is 64.7 Å². The van der Waals surface area contributed by atoms with Crippen LogP contribution in [0.3, 0.4) is 0 Å². The van der Waals surface area contributed by atoms with Crippen LogP contribution in [0.5, 0.6) is 5.75 Å². The van der Waals surface area contributed by atoms with Gasteiger partial charge in [-0.05, 0) is 49.2 Å². The van der Waals surface area contributed by atoms with Crippen LogP contribution >= 0.6 is 11.6 Å². The van der Waals surface area contributed by atoms with Gasteiger partial charge in [0.2, 0.25) is 0 Å².